The van der Waals surface area contributed by atoms with E-state index in [4.69, 9.17) is 4.74 Å². The molecule has 1 unspecified atom stereocenters. The molecule has 3 nitrogen and oxygen atoms in total. The van der Waals surface area contributed by atoms with Crippen LogP contribution >= 0.6 is 0 Å². The number of hydrogen-bond donors (Lipinski definition) is 0. The lowest BCUT2D eigenvalue weighted by atomic mass is 10.1. The minimum atomic E-state index is -1.51. The Balaban J connectivity index is 2.27. The minimum Gasteiger partial charge on any atom is -0.462 e. The van der Waals surface area contributed by atoms with Gasteiger partial charge >= 0.3 is 5.97 Å². The average Bonchev–Trinajstić information content (AvgIpc) is 2.76. The maximum absolute atomic E-state index is 13.3. The van der Waals surface area contributed by atoms with Crippen molar-refractivity contribution in [2.24, 2.45) is 0 Å². The molecule has 3 aromatic carbocycles. The van der Waals surface area contributed by atoms with Gasteiger partial charge in [-0.2, -0.15) is 0 Å². The van der Waals surface area contributed by atoms with Crippen LogP contribution in [0.25, 0.3) is 10.5 Å². The van der Waals surface area contributed by atoms with Crippen LogP contribution in [0.15, 0.2) is 102 Å². The molecular formula is C24H20O3S. The molecule has 3 rings (SSSR count). The molecule has 28 heavy (non-hydrogen) atoms. The van der Waals surface area contributed by atoms with Crippen LogP contribution in [0.5, 0.6) is 0 Å². The highest BCUT2D eigenvalue weighted by atomic mass is 32.2. The van der Waals surface area contributed by atoms with Crippen molar-refractivity contribution in [2.75, 3.05) is 6.61 Å². The van der Waals surface area contributed by atoms with Gasteiger partial charge in [0.2, 0.25) is 0 Å². The highest BCUT2D eigenvalue weighted by molar-refractivity contribution is 7.94. The van der Waals surface area contributed by atoms with Gasteiger partial charge in [0.25, 0.3) is 0 Å². The topological polar surface area (TPSA) is 43.4 Å². The van der Waals surface area contributed by atoms with Gasteiger partial charge in [-0.1, -0.05) is 84.6 Å². The molecule has 0 N–H and O–H groups in total. The summed E-state index contributed by atoms with van der Waals surface area (Å²) in [6.45, 7) is 2.00. The molecule has 0 aliphatic rings. The van der Waals surface area contributed by atoms with Crippen molar-refractivity contribution in [3.05, 3.63) is 108 Å². The second kappa shape index (κ2) is 9.65. The third-order valence-corrected chi connectivity index (χ3v) is 5.37. The molecule has 0 radical (unpaired) electrons. The van der Waals surface area contributed by atoms with Crippen LogP contribution in [-0.4, -0.2) is 16.8 Å². The summed E-state index contributed by atoms with van der Waals surface area (Å²) in [6.07, 6.45) is 0. The first-order valence-electron chi connectivity index (χ1n) is 8.96. The van der Waals surface area contributed by atoms with Crippen LogP contribution in [-0.2, 0) is 20.3 Å². The molecule has 0 saturated heterocycles. The van der Waals surface area contributed by atoms with Gasteiger partial charge in [0.1, 0.15) is 5.57 Å². The zero-order chi connectivity index (χ0) is 19.8. The van der Waals surface area contributed by atoms with E-state index < -0.39 is 16.8 Å². The van der Waals surface area contributed by atoms with Crippen molar-refractivity contribution < 1.29 is 13.7 Å². The molecular weight excluding hydrogens is 368 g/mol. The second-order valence-corrected chi connectivity index (χ2v) is 7.28. The molecule has 0 amide bonds. The van der Waals surface area contributed by atoms with Gasteiger partial charge in [-0.15, -0.1) is 0 Å². The number of hydrogen-bond acceptors (Lipinski definition) is 3. The lowest BCUT2D eigenvalue weighted by molar-refractivity contribution is -0.136. The Hall–Kier alpha value is -3.20. The van der Waals surface area contributed by atoms with E-state index in [2.05, 4.69) is 5.73 Å². The third kappa shape index (κ3) is 4.74. The number of ether oxygens (including phenoxy) is 1. The van der Waals surface area contributed by atoms with Crippen LogP contribution in [0, 0.1) is 0 Å². The van der Waals surface area contributed by atoms with Crippen molar-refractivity contribution in [3.63, 3.8) is 0 Å². The smallest absolute Gasteiger partial charge is 0.346 e. The van der Waals surface area contributed by atoms with E-state index in [1.54, 1.807) is 19.1 Å². The molecule has 0 aromatic heterocycles. The third-order valence-electron chi connectivity index (χ3n) is 3.96. The number of carbonyl (C=O) groups excluding carboxylic acids is 1. The van der Waals surface area contributed by atoms with Gasteiger partial charge in [0.15, 0.2) is 0 Å². The molecule has 1 atom stereocenters. The molecule has 3 aromatic rings. The molecule has 0 heterocycles. The number of rotatable bonds is 6. The van der Waals surface area contributed by atoms with E-state index in [9.17, 15) is 9.00 Å². The summed E-state index contributed by atoms with van der Waals surface area (Å²) < 4.78 is 18.6. The molecule has 0 aliphatic carbocycles. The Morgan fingerprint density at radius 2 is 1.32 bits per heavy atom. The lowest BCUT2D eigenvalue weighted by Crippen LogP contribution is -2.07. The van der Waals surface area contributed by atoms with E-state index in [1.165, 1.54) is 0 Å². The molecule has 0 fully saturated rings. The molecule has 0 spiro atoms. The summed E-state index contributed by atoms with van der Waals surface area (Å²) in [4.78, 5) is 13.7. The SMILES string of the molecule is CCOC(=O)C(=C=C(c1ccccc1)S(=O)c1ccccc1)c1ccccc1. The summed E-state index contributed by atoms with van der Waals surface area (Å²) in [6, 6.07) is 27.7. The van der Waals surface area contributed by atoms with Crippen LogP contribution in [0.3, 0.4) is 0 Å². The number of esters is 1. The normalized spacial score (nSPS) is 11.2. The van der Waals surface area contributed by atoms with E-state index in [-0.39, 0.29) is 12.2 Å². The Kier molecular flexibility index (Phi) is 6.74. The first-order valence-corrected chi connectivity index (χ1v) is 10.1. The van der Waals surface area contributed by atoms with Gasteiger partial charge in [0.05, 0.1) is 22.3 Å². The Labute approximate surface area is 167 Å². The summed E-state index contributed by atoms with van der Waals surface area (Å²) in [5.41, 5.74) is 4.79. The molecule has 4 heteroatoms. The van der Waals surface area contributed by atoms with Crippen LogP contribution in [0.2, 0.25) is 0 Å². The standard InChI is InChI=1S/C24H20O3S/c1-2-27-24(25)22(19-12-6-3-7-13-19)18-23(20-14-8-4-9-15-20)28(26)21-16-10-5-11-17-21/h3-17H,2H2,1H3. The Bertz CT molecular complexity index is 1020. The average molecular weight is 388 g/mol. The molecule has 140 valence electrons. The van der Waals surface area contributed by atoms with Crippen molar-refractivity contribution >= 4 is 27.2 Å². The zero-order valence-corrected chi connectivity index (χ0v) is 16.3. The van der Waals surface area contributed by atoms with Gasteiger partial charge in [0, 0.05) is 4.90 Å². The second-order valence-electron chi connectivity index (χ2n) is 5.86. The Morgan fingerprint density at radius 3 is 1.86 bits per heavy atom. The first-order chi connectivity index (χ1) is 13.7. The summed E-state index contributed by atoms with van der Waals surface area (Å²) in [7, 11) is -1.51. The van der Waals surface area contributed by atoms with Gasteiger partial charge in [-0.3, -0.25) is 0 Å². The largest absolute Gasteiger partial charge is 0.462 e. The number of benzene rings is 3. The first kappa shape index (κ1) is 19.6. The maximum Gasteiger partial charge on any atom is 0.346 e. The van der Waals surface area contributed by atoms with Crippen molar-refractivity contribution in [1.82, 2.24) is 0 Å². The fourth-order valence-corrected chi connectivity index (χ4v) is 3.82. The van der Waals surface area contributed by atoms with E-state index >= 15 is 0 Å². The van der Waals surface area contributed by atoms with E-state index in [1.807, 2.05) is 78.9 Å². The van der Waals surface area contributed by atoms with Crippen LogP contribution < -0.4 is 0 Å². The van der Waals surface area contributed by atoms with Crippen LogP contribution in [0.1, 0.15) is 18.1 Å². The summed E-state index contributed by atoms with van der Waals surface area (Å²) >= 11 is 0. The van der Waals surface area contributed by atoms with Crippen molar-refractivity contribution in [1.29, 1.82) is 0 Å². The molecule has 0 aliphatic heterocycles. The summed E-state index contributed by atoms with van der Waals surface area (Å²) in [5, 5.41) is 0. The molecule has 0 bridgehead atoms. The van der Waals surface area contributed by atoms with E-state index in [0.29, 0.717) is 15.4 Å². The monoisotopic (exact) mass is 388 g/mol. The molecule has 0 saturated carbocycles. The highest BCUT2D eigenvalue weighted by Gasteiger charge is 2.17. The predicted octanol–water partition coefficient (Wildman–Crippen LogP) is 5.08. The number of carbonyl (C=O) groups is 1. The highest BCUT2D eigenvalue weighted by Crippen LogP contribution is 2.26. The minimum absolute atomic E-state index is 0.249. The Morgan fingerprint density at radius 1 is 0.821 bits per heavy atom. The quantitative estimate of drug-likeness (QED) is 0.336. The van der Waals surface area contributed by atoms with Crippen LogP contribution in [0.4, 0.5) is 0 Å². The van der Waals surface area contributed by atoms with Gasteiger partial charge in [-0.05, 0) is 30.2 Å². The van der Waals surface area contributed by atoms with Crippen molar-refractivity contribution in [2.45, 2.75) is 11.8 Å². The van der Waals surface area contributed by atoms with Gasteiger partial charge < -0.3 is 4.74 Å². The summed E-state index contributed by atoms with van der Waals surface area (Å²) in [5.74, 6) is -0.493. The predicted molar refractivity (Wildman–Crippen MR) is 113 cm³/mol. The van der Waals surface area contributed by atoms with Crippen molar-refractivity contribution in [3.8, 4) is 0 Å². The maximum atomic E-state index is 13.3. The fraction of sp³-hybridized carbons (Fsp3) is 0.0833. The lowest BCUT2D eigenvalue weighted by Gasteiger charge is -2.08. The van der Waals surface area contributed by atoms with E-state index in [0.717, 1.165) is 5.56 Å². The fourth-order valence-electron chi connectivity index (χ4n) is 2.64. The zero-order valence-electron chi connectivity index (χ0n) is 15.5. The van der Waals surface area contributed by atoms with Gasteiger partial charge in [-0.25, -0.2) is 9.00 Å².